The van der Waals surface area contributed by atoms with Crippen LogP contribution in [-0.4, -0.2) is 34.9 Å². The van der Waals surface area contributed by atoms with Gasteiger partial charge in [-0.05, 0) is 24.3 Å². The van der Waals surface area contributed by atoms with Crippen molar-refractivity contribution in [1.82, 2.24) is 0 Å². The van der Waals surface area contributed by atoms with Gasteiger partial charge in [0.25, 0.3) is 0 Å². The van der Waals surface area contributed by atoms with E-state index in [4.69, 9.17) is 0 Å². The average Bonchev–Trinajstić information content (AvgIpc) is 3.31. The highest BCUT2D eigenvalue weighted by Gasteiger charge is 2.29. The molecule has 8 heteroatoms. The molecule has 2 aliphatic rings. The van der Waals surface area contributed by atoms with Gasteiger partial charge in [-0.2, -0.15) is 0 Å². The maximum Gasteiger partial charge on any atom is 0.0753 e. The van der Waals surface area contributed by atoms with Crippen LogP contribution in [0.5, 0.6) is 0 Å². The number of unbranched alkanes of at least 4 members (excludes halogenated alkanes) is 6. The molecule has 0 saturated heterocycles. The molecule has 2 rings (SSSR count). The van der Waals surface area contributed by atoms with Crippen molar-refractivity contribution in [3.05, 3.63) is 26.8 Å². The Labute approximate surface area is 196 Å². The normalized spacial score (nSPS) is 17.6. The largest absolute Gasteiger partial charge is 0.391 e. The first-order valence-corrected chi connectivity index (χ1v) is 15.4. The molecule has 0 atom stereocenters. The minimum atomic E-state index is 0.0190. The zero-order valence-corrected chi connectivity index (χ0v) is 21.7. The molecule has 28 heavy (non-hydrogen) atoms. The number of aliphatic hydroxyl groups excluding tert-OH is 2. The van der Waals surface area contributed by atoms with Crippen LogP contribution in [0.25, 0.3) is 0 Å². The lowest BCUT2D eigenvalue weighted by molar-refractivity contribution is 0.324. The van der Waals surface area contributed by atoms with Gasteiger partial charge in [0.2, 0.25) is 0 Å². The van der Waals surface area contributed by atoms with Crippen LogP contribution in [0.15, 0.2) is 26.8 Å². The van der Waals surface area contributed by atoms with Gasteiger partial charge < -0.3 is 10.2 Å². The summed E-state index contributed by atoms with van der Waals surface area (Å²) in [7, 11) is 0. The maximum absolute atomic E-state index is 9.55. The second-order valence-electron chi connectivity index (χ2n) is 6.54. The van der Waals surface area contributed by atoms with Crippen molar-refractivity contribution in [3.8, 4) is 0 Å². The number of rotatable bonds is 14. The van der Waals surface area contributed by atoms with Gasteiger partial charge in [-0.1, -0.05) is 99.4 Å². The minimum absolute atomic E-state index is 0.0190. The Hall–Kier alpha value is 1.24. The molecule has 0 saturated carbocycles. The summed E-state index contributed by atoms with van der Waals surface area (Å²) in [5, 5.41) is 19.1. The van der Waals surface area contributed by atoms with Crippen molar-refractivity contribution in [2.24, 2.45) is 0 Å². The van der Waals surface area contributed by atoms with E-state index in [1.165, 1.54) is 79.8 Å². The third kappa shape index (κ3) is 8.40. The molecule has 0 unspecified atom stereocenters. The van der Waals surface area contributed by atoms with Gasteiger partial charge in [-0.3, -0.25) is 0 Å². The van der Waals surface area contributed by atoms with Crippen molar-refractivity contribution >= 4 is 70.6 Å². The molecular weight excluding hydrogens is 465 g/mol. The Morgan fingerprint density at radius 2 is 1.04 bits per heavy atom. The van der Waals surface area contributed by atoms with Gasteiger partial charge >= 0.3 is 0 Å². The second-order valence-corrected chi connectivity index (χ2v) is 14.0. The van der Waals surface area contributed by atoms with E-state index in [1.807, 2.05) is 47.0 Å². The highest BCUT2D eigenvalue weighted by Crippen LogP contribution is 2.63. The molecule has 2 nitrogen and oxygen atoms in total. The molecule has 0 bridgehead atoms. The third-order valence-corrected chi connectivity index (χ3v) is 13.1. The predicted octanol–water partition coefficient (Wildman–Crippen LogP) is 8.02. The molecule has 0 spiro atoms. The standard InChI is InChI=1S/C20H32O2S6/c1-3-5-7-9-11-23-17-18(24-12-10-8-6-4-2)28-20(27-17)19-25-15(13-21)16(14-22)26-19/h21-22H,3-14H2,1-2H3. The van der Waals surface area contributed by atoms with Crippen molar-refractivity contribution in [3.63, 3.8) is 0 Å². The monoisotopic (exact) mass is 496 g/mol. The van der Waals surface area contributed by atoms with E-state index in [0.29, 0.717) is 0 Å². The van der Waals surface area contributed by atoms with Crippen LogP contribution >= 0.6 is 70.6 Å². The van der Waals surface area contributed by atoms with Gasteiger partial charge in [0.1, 0.15) is 0 Å². The highest BCUT2D eigenvalue weighted by atomic mass is 32.3. The van der Waals surface area contributed by atoms with Crippen LogP contribution in [0.4, 0.5) is 0 Å². The lowest BCUT2D eigenvalue weighted by Gasteiger charge is -2.05. The summed E-state index contributed by atoms with van der Waals surface area (Å²) < 4.78 is 5.49. The van der Waals surface area contributed by atoms with E-state index in [0.717, 1.165) is 9.81 Å². The number of hydrogen-bond acceptors (Lipinski definition) is 8. The Balaban J connectivity index is 1.95. The zero-order valence-electron chi connectivity index (χ0n) is 16.8. The number of aliphatic hydroxyl groups is 2. The van der Waals surface area contributed by atoms with Crippen molar-refractivity contribution in [1.29, 1.82) is 0 Å². The summed E-state index contributed by atoms with van der Waals surface area (Å²) in [6.07, 6.45) is 10.5. The molecule has 2 heterocycles. The predicted molar refractivity (Wildman–Crippen MR) is 139 cm³/mol. The molecule has 2 aliphatic heterocycles. The van der Waals surface area contributed by atoms with E-state index in [1.54, 1.807) is 23.5 Å². The second kappa shape index (κ2) is 15.1. The van der Waals surface area contributed by atoms with Crippen LogP contribution in [0.3, 0.4) is 0 Å². The van der Waals surface area contributed by atoms with Crippen LogP contribution in [0.1, 0.15) is 65.2 Å². The number of hydrogen-bond donors (Lipinski definition) is 2. The summed E-state index contributed by atoms with van der Waals surface area (Å²) >= 11 is 11.1. The van der Waals surface area contributed by atoms with Crippen molar-refractivity contribution in [2.45, 2.75) is 65.2 Å². The highest BCUT2D eigenvalue weighted by molar-refractivity contribution is 8.42. The van der Waals surface area contributed by atoms with Crippen LogP contribution < -0.4 is 0 Å². The smallest absolute Gasteiger partial charge is 0.0753 e. The lowest BCUT2D eigenvalue weighted by Crippen LogP contribution is -1.89. The van der Waals surface area contributed by atoms with Gasteiger partial charge in [0.15, 0.2) is 0 Å². The first-order valence-electron chi connectivity index (χ1n) is 10.1. The van der Waals surface area contributed by atoms with Gasteiger partial charge in [0, 0.05) is 9.81 Å². The quantitative estimate of drug-likeness (QED) is 0.234. The fraction of sp³-hybridized carbons (Fsp3) is 0.700. The third-order valence-electron chi connectivity index (χ3n) is 4.20. The fourth-order valence-electron chi connectivity index (χ4n) is 2.60. The molecule has 0 aromatic rings. The Kier molecular flexibility index (Phi) is 13.8. The fourth-order valence-corrected chi connectivity index (χ4v) is 11.4. The summed E-state index contributed by atoms with van der Waals surface area (Å²) in [4.78, 5) is 1.82. The van der Waals surface area contributed by atoms with E-state index in [2.05, 4.69) is 13.8 Å². The first-order chi connectivity index (χ1) is 13.7. The first kappa shape index (κ1) is 25.5. The molecule has 160 valence electrons. The molecule has 0 fully saturated rings. The molecular formula is C20H32O2S6. The van der Waals surface area contributed by atoms with Gasteiger partial charge in [-0.15, -0.1) is 23.5 Å². The molecule has 0 aliphatic carbocycles. The summed E-state index contributed by atoms with van der Waals surface area (Å²) in [5.41, 5.74) is 0. The Morgan fingerprint density at radius 3 is 1.43 bits per heavy atom. The number of thioether (sulfide) groups is 6. The van der Waals surface area contributed by atoms with E-state index >= 15 is 0 Å². The molecule has 0 aromatic heterocycles. The van der Waals surface area contributed by atoms with E-state index < -0.39 is 0 Å². The lowest BCUT2D eigenvalue weighted by atomic mass is 10.2. The van der Waals surface area contributed by atoms with Gasteiger partial charge in [-0.25, -0.2) is 0 Å². The summed E-state index contributed by atoms with van der Waals surface area (Å²) in [5.74, 6) is 2.40. The topological polar surface area (TPSA) is 40.5 Å². The van der Waals surface area contributed by atoms with E-state index in [-0.39, 0.29) is 13.2 Å². The zero-order chi connectivity index (χ0) is 20.2. The van der Waals surface area contributed by atoms with Gasteiger partial charge in [0.05, 0.1) is 30.2 Å². The Bertz CT molecular complexity index is 539. The van der Waals surface area contributed by atoms with Crippen LogP contribution in [0.2, 0.25) is 0 Å². The van der Waals surface area contributed by atoms with Crippen LogP contribution in [0, 0.1) is 0 Å². The summed E-state index contributed by atoms with van der Waals surface area (Å²) in [6.45, 7) is 4.56. The SMILES string of the molecule is CCCCCCSC1=C(SCCCCCC)SC(=C2SC(CO)=C(CO)S2)S1. The Morgan fingerprint density at radius 1 is 0.607 bits per heavy atom. The summed E-state index contributed by atoms with van der Waals surface area (Å²) in [6, 6.07) is 0. The molecule has 0 aromatic carbocycles. The minimum Gasteiger partial charge on any atom is -0.391 e. The average molecular weight is 497 g/mol. The molecule has 0 amide bonds. The van der Waals surface area contributed by atoms with Crippen molar-refractivity contribution < 1.29 is 10.2 Å². The van der Waals surface area contributed by atoms with Crippen LogP contribution in [-0.2, 0) is 0 Å². The molecule has 0 radical (unpaired) electrons. The molecule has 2 N–H and O–H groups in total. The maximum atomic E-state index is 9.55. The van der Waals surface area contributed by atoms with E-state index in [9.17, 15) is 10.2 Å². The van der Waals surface area contributed by atoms with Crippen molar-refractivity contribution in [2.75, 3.05) is 24.7 Å².